The molecule has 0 saturated heterocycles. The third kappa shape index (κ3) is 3.21. The van der Waals surface area contributed by atoms with Crippen molar-refractivity contribution in [1.82, 2.24) is 0 Å². The molecule has 1 aromatic carbocycles. The van der Waals surface area contributed by atoms with E-state index in [0.717, 1.165) is 23.7 Å². The standard InChI is InChI=1S/C19H24O2/c1-12(2)9-14-5-4-6-15(11-14)19(20)18-8-7-17(21-18)16-10-13(16)3/h4-8,11-13,16,19-20H,9-10H2,1-3H3. The van der Waals surface area contributed by atoms with Gasteiger partial charge in [0.25, 0.3) is 0 Å². The molecular formula is C19H24O2. The Morgan fingerprint density at radius 1 is 1.24 bits per heavy atom. The van der Waals surface area contributed by atoms with Crippen molar-refractivity contribution in [2.75, 3.05) is 0 Å². The molecule has 21 heavy (non-hydrogen) atoms. The summed E-state index contributed by atoms with van der Waals surface area (Å²) in [6, 6.07) is 12.1. The first kappa shape index (κ1) is 14.4. The minimum Gasteiger partial charge on any atom is -0.463 e. The summed E-state index contributed by atoms with van der Waals surface area (Å²) in [6.07, 6.45) is 1.57. The Morgan fingerprint density at radius 2 is 2.00 bits per heavy atom. The molecule has 1 heterocycles. The van der Waals surface area contributed by atoms with Gasteiger partial charge in [-0.05, 0) is 47.9 Å². The van der Waals surface area contributed by atoms with Crippen LogP contribution >= 0.6 is 0 Å². The van der Waals surface area contributed by atoms with Gasteiger partial charge in [-0.2, -0.15) is 0 Å². The Morgan fingerprint density at radius 3 is 2.67 bits per heavy atom. The van der Waals surface area contributed by atoms with E-state index < -0.39 is 6.10 Å². The molecule has 0 amide bonds. The zero-order valence-electron chi connectivity index (χ0n) is 13.0. The minimum atomic E-state index is -0.667. The normalized spacial score (nSPS) is 22.5. The molecule has 2 nitrogen and oxygen atoms in total. The molecule has 2 heteroatoms. The van der Waals surface area contributed by atoms with Crippen LogP contribution < -0.4 is 0 Å². The van der Waals surface area contributed by atoms with Crippen LogP contribution in [-0.2, 0) is 6.42 Å². The molecule has 1 fully saturated rings. The summed E-state index contributed by atoms with van der Waals surface area (Å²) < 4.78 is 5.87. The summed E-state index contributed by atoms with van der Waals surface area (Å²) in [7, 11) is 0. The second-order valence-corrected chi connectivity index (χ2v) is 6.81. The van der Waals surface area contributed by atoms with Crippen LogP contribution in [0.3, 0.4) is 0 Å². The average molecular weight is 284 g/mol. The monoisotopic (exact) mass is 284 g/mol. The first-order valence-electron chi connectivity index (χ1n) is 7.91. The predicted molar refractivity (Wildman–Crippen MR) is 84.3 cm³/mol. The predicted octanol–water partition coefficient (Wildman–Crippen LogP) is 4.68. The van der Waals surface area contributed by atoms with E-state index in [2.05, 4.69) is 32.9 Å². The van der Waals surface area contributed by atoms with Crippen molar-refractivity contribution in [3.05, 3.63) is 59.0 Å². The number of benzene rings is 1. The van der Waals surface area contributed by atoms with Gasteiger partial charge in [0.05, 0.1) is 0 Å². The fourth-order valence-electron chi connectivity index (χ4n) is 2.96. The van der Waals surface area contributed by atoms with E-state index in [1.54, 1.807) is 0 Å². The fraction of sp³-hybridized carbons (Fsp3) is 0.474. The Balaban J connectivity index is 1.78. The van der Waals surface area contributed by atoms with E-state index in [4.69, 9.17) is 4.42 Å². The van der Waals surface area contributed by atoms with E-state index in [9.17, 15) is 5.11 Å². The molecule has 3 atom stereocenters. The lowest BCUT2D eigenvalue weighted by molar-refractivity contribution is 0.186. The Bertz CT molecular complexity index is 612. The summed E-state index contributed by atoms with van der Waals surface area (Å²) >= 11 is 0. The van der Waals surface area contributed by atoms with Gasteiger partial charge in [-0.3, -0.25) is 0 Å². The van der Waals surface area contributed by atoms with E-state index in [1.807, 2.05) is 24.3 Å². The van der Waals surface area contributed by atoms with Gasteiger partial charge in [-0.15, -0.1) is 0 Å². The molecule has 0 aliphatic heterocycles. The van der Waals surface area contributed by atoms with Crippen LogP contribution in [-0.4, -0.2) is 5.11 Å². The van der Waals surface area contributed by atoms with Crippen molar-refractivity contribution in [2.24, 2.45) is 11.8 Å². The lowest BCUT2D eigenvalue weighted by Crippen LogP contribution is -2.00. The van der Waals surface area contributed by atoms with Gasteiger partial charge >= 0.3 is 0 Å². The van der Waals surface area contributed by atoms with Gasteiger partial charge in [0.2, 0.25) is 0 Å². The van der Waals surface area contributed by atoms with Gasteiger partial charge in [0.1, 0.15) is 17.6 Å². The van der Waals surface area contributed by atoms with Crippen LogP contribution in [0.15, 0.2) is 40.8 Å². The maximum atomic E-state index is 10.5. The van der Waals surface area contributed by atoms with E-state index >= 15 is 0 Å². The highest BCUT2D eigenvalue weighted by atomic mass is 16.4. The lowest BCUT2D eigenvalue weighted by Gasteiger charge is -2.11. The first-order chi connectivity index (χ1) is 10.0. The molecule has 3 rings (SSSR count). The van der Waals surface area contributed by atoms with E-state index in [1.165, 1.54) is 12.0 Å². The second kappa shape index (κ2) is 5.69. The largest absolute Gasteiger partial charge is 0.463 e. The van der Waals surface area contributed by atoms with Crippen molar-refractivity contribution in [1.29, 1.82) is 0 Å². The summed E-state index contributed by atoms with van der Waals surface area (Å²) in [4.78, 5) is 0. The van der Waals surface area contributed by atoms with Gasteiger partial charge in [-0.1, -0.05) is 45.0 Å². The quantitative estimate of drug-likeness (QED) is 0.864. The summed E-state index contributed by atoms with van der Waals surface area (Å²) in [5, 5.41) is 10.5. The third-order valence-electron chi connectivity index (χ3n) is 4.30. The zero-order chi connectivity index (χ0) is 15.0. The van der Waals surface area contributed by atoms with Crippen molar-refractivity contribution in [3.8, 4) is 0 Å². The van der Waals surface area contributed by atoms with Crippen LogP contribution in [0.5, 0.6) is 0 Å². The molecule has 2 aromatic rings. The summed E-state index contributed by atoms with van der Waals surface area (Å²) in [5.74, 6) is 3.57. The Kier molecular flexibility index (Phi) is 3.90. The number of hydrogen-bond acceptors (Lipinski definition) is 2. The smallest absolute Gasteiger partial charge is 0.137 e. The van der Waals surface area contributed by atoms with Crippen LogP contribution in [0.2, 0.25) is 0 Å². The van der Waals surface area contributed by atoms with Crippen molar-refractivity contribution >= 4 is 0 Å². The molecule has 1 aliphatic carbocycles. The SMILES string of the molecule is CC(C)Cc1cccc(C(O)c2ccc(C3CC3C)o2)c1. The summed E-state index contributed by atoms with van der Waals surface area (Å²) in [5.41, 5.74) is 2.18. The molecule has 1 aromatic heterocycles. The van der Waals surface area contributed by atoms with Gasteiger partial charge < -0.3 is 9.52 Å². The zero-order valence-corrected chi connectivity index (χ0v) is 13.0. The number of furan rings is 1. The van der Waals surface area contributed by atoms with Crippen LogP contribution in [0.25, 0.3) is 0 Å². The van der Waals surface area contributed by atoms with E-state index in [-0.39, 0.29) is 0 Å². The van der Waals surface area contributed by atoms with Gasteiger partial charge in [0, 0.05) is 5.92 Å². The van der Waals surface area contributed by atoms with Gasteiger partial charge in [0.15, 0.2) is 0 Å². The van der Waals surface area contributed by atoms with Crippen LogP contribution in [0, 0.1) is 11.8 Å². The van der Waals surface area contributed by atoms with Crippen molar-refractivity contribution < 1.29 is 9.52 Å². The highest BCUT2D eigenvalue weighted by molar-refractivity contribution is 5.30. The number of aliphatic hydroxyl groups excluding tert-OH is 1. The number of rotatable bonds is 5. The first-order valence-corrected chi connectivity index (χ1v) is 7.91. The molecule has 3 unspecified atom stereocenters. The van der Waals surface area contributed by atoms with E-state index in [0.29, 0.717) is 17.6 Å². The molecule has 112 valence electrons. The van der Waals surface area contributed by atoms with Crippen LogP contribution in [0.1, 0.15) is 61.9 Å². The number of aliphatic hydroxyl groups is 1. The Labute approximate surface area is 126 Å². The van der Waals surface area contributed by atoms with Crippen molar-refractivity contribution in [3.63, 3.8) is 0 Å². The molecular weight excluding hydrogens is 260 g/mol. The minimum absolute atomic E-state index is 0.554. The molecule has 0 spiro atoms. The highest BCUT2D eigenvalue weighted by Crippen LogP contribution is 2.47. The third-order valence-corrected chi connectivity index (χ3v) is 4.30. The van der Waals surface area contributed by atoms with Crippen LogP contribution in [0.4, 0.5) is 0 Å². The molecule has 0 radical (unpaired) electrons. The molecule has 1 saturated carbocycles. The molecule has 0 bridgehead atoms. The summed E-state index contributed by atoms with van der Waals surface area (Å²) in [6.45, 7) is 6.65. The second-order valence-electron chi connectivity index (χ2n) is 6.81. The molecule has 1 N–H and O–H groups in total. The fourth-order valence-corrected chi connectivity index (χ4v) is 2.96. The maximum Gasteiger partial charge on any atom is 0.137 e. The highest BCUT2D eigenvalue weighted by Gasteiger charge is 2.37. The Hall–Kier alpha value is -1.54. The molecule has 1 aliphatic rings. The lowest BCUT2D eigenvalue weighted by atomic mass is 9.98. The average Bonchev–Trinajstić information content (AvgIpc) is 2.99. The van der Waals surface area contributed by atoms with Crippen molar-refractivity contribution in [2.45, 2.75) is 45.6 Å². The maximum absolute atomic E-state index is 10.5. The topological polar surface area (TPSA) is 33.4 Å². The number of hydrogen-bond donors (Lipinski definition) is 1. The van der Waals surface area contributed by atoms with Gasteiger partial charge in [-0.25, -0.2) is 0 Å².